The predicted molar refractivity (Wildman–Crippen MR) is 139 cm³/mol. The molecule has 214 valence electrons. The normalized spacial score (nSPS) is 11.7. The standard InChI is InChI=1S/C30H36F4O5/c1-20(2)27(35)37-16-8-7-11-22-18-24(31)26(25(32)19-22)30(33,34)39-23-14-12-21(13-15-23)10-6-9-17-38-28(36)29(3,4)5/h12-15,18-19H,1,6-11,16-17H2,2-5H3. The van der Waals surface area contributed by atoms with Crippen LogP contribution in [0.15, 0.2) is 48.6 Å². The van der Waals surface area contributed by atoms with E-state index < -0.39 is 34.7 Å². The lowest BCUT2D eigenvalue weighted by Crippen LogP contribution is -2.25. The third-order valence-electron chi connectivity index (χ3n) is 5.71. The number of halogens is 4. The van der Waals surface area contributed by atoms with Crippen LogP contribution < -0.4 is 4.74 Å². The van der Waals surface area contributed by atoms with Crippen molar-refractivity contribution >= 4 is 11.9 Å². The highest BCUT2D eigenvalue weighted by Crippen LogP contribution is 2.35. The Balaban J connectivity index is 1.88. The number of carbonyl (C=O) groups is 2. The van der Waals surface area contributed by atoms with E-state index in [1.807, 2.05) is 0 Å². The molecule has 0 unspecified atom stereocenters. The molecule has 0 bridgehead atoms. The first-order valence-corrected chi connectivity index (χ1v) is 12.8. The predicted octanol–water partition coefficient (Wildman–Crippen LogP) is 7.45. The van der Waals surface area contributed by atoms with Gasteiger partial charge in [0, 0.05) is 5.57 Å². The Morgan fingerprint density at radius 3 is 1.85 bits per heavy atom. The van der Waals surface area contributed by atoms with Crippen LogP contribution in [-0.2, 0) is 38.0 Å². The fourth-order valence-electron chi connectivity index (χ4n) is 3.50. The van der Waals surface area contributed by atoms with E-state index in [2.05, 4.69) is 11.3 Å². The maximum Gasteiger partial charge on any atom is 0.432 e. The Bertz CT molecular complexity index is 1110. The Labute approximate surface area is 227 Å². The molecule has 0 aliphatic rings. The minimum atomic E-state index is -4.23. The molecule has 0 N–H and O–H groups in total. The van der Waals surface area contributed by atoms with Crippen molar-refractivity contribution in [2.75, 3.05) is 13.2 Å². The zero-order valence-corrected chi connectivity index (χ0v) is 22.9. The van der Waals surface area contributed by atoms with E-state index in [4.69, 9.17) is 9.47 Å². The summed E-state index contributed by atoms with van der Waals surface area (Å²) in [5, 5.41) is 0. The average molecular weight is 553 g/mol. The van der Waals surface area contributed by atoms with Gasteiger partial charge in [-0.25, -0.2) is 13.6 Å². The molecule has 2 rings (SSSR count). The van der Waals surface area contributed by atoms with E-state index in [9.17, 15) is 27.2 Å². The van der Waals surface area contributed by atoms with Crippen LogP contribution in [0.4, 0.5) is 17.6 Å². The molecule has 0 aliphatic heterocycles. The summed E-state index contributed by atoms with van der Waals surface area (Å²) in [5.41, 5.74) is -0.704. The highest BCUT2D eigenvalue weighted by molar-refractivity contribution is 5.86. The lowest BCUT2D eigenvalue weighted by Gasteiger charge is -2.20. The maximum atomic E-state index is 14.7. The molecule has 0 aromatic heterocycles. The minimum absolute atomic E-state index is 0.117. The molecular formula is C30H36F4O5. The van der Waals surface area contributed by atoms with Gasteiger partial charge >= 0.3 is 18.0 Å². The molecule has 0 radical (unpaired) electrons. The highest BCUT2D eigenvalue weighted by Gasteiger charge is 2.41. The molecule has 5 nitrogen and oxygen atoms in total. The third-order valence-corrected chi connectivity index (χ3v) is 5.71. The summed E-state index contributed by atoms with van der Waals surface area (Å²) in [6, 6.07) is 7.53. The van der Waals surface area contributed by atoms with Crippen LogP contribution in [0.5, 0.6) is 5.75 Å². The van der Waals surface area contributed by atoms with Gasteiger partial charge in [-0.05, 0) is 102 Å². The number of alkyl halides is 2. The van der Waals surface area contributed by atoms with E-state index in [1.165, 1.54) is 19.1 Å². The van der Waals surface area contributed by atoms with Crippen molar-refractivity contribution in [3.63, 3.8) is 0 Å². The quantitative estimate of drug-likeness (QED) is 0.105. The number of esters is 2. The summed E-state index contributed by atoms with van der Waals surface area (Å²) in [6.45, 7) is 10.7. The van der Waals surface area contributed by atoms with Gasteiger partial charge in [-0.3, -0.25) is 4.79 Å². The number of hydrogen-bond acceptors (Lipinski definition) is 5. The molecule has 0 aliphatic carbocycles. The summed E-state index contributed by atoms with van der Waals surface area (Å²) in [7, 11) is 0. The zero-order valence-electron chi connectivity index (χ0n) is 22.9. The monoisotopic (exact) mass is 552 g/mol. The minimum Gasteiger partial charge on any atom is -0.465 e. The lowest BCUT2D eigenvalue weighted by molar-refractivity contribution is -0.189. The van der Waals surface area contributed by atoms with Crippen LogP contribution in [0.1, 0.15) is 70.1 Å². The van der Waals surface area contributed by atoms with Gasteiger partial charge in [-0.1, -0.05) is 18.7 Å². The molecule has 39 heavy (non-hydrogen) atoms. The van der Waals surface area contributed by atoms with Gasteiger partial charge in [0.05, 0.1) is 18.6 Å². The van der Waals surface area contributed by atoms with Crippen molar-refractivity contribution in [1.82, 2.24) is 0 Å². The second-order valence-corrected chi connectivity index (χ2v) is 10.4. The molecule has 2 aromatic rings. The molecule has 0 atom stereocenters. The van der Waals surface area contributed by atoms with Gasteiger partial charge in [0.2, 0.25) is 0 Å². The van der Waals surface area contributed by atoms with Gasteiger partial charge in [0.1, 0.15) is 22.9 Å². The second-order valence-electron chi connectivity index (χ2n) is 10.4. The summed E-state index contributed by atoms with van der Waals surface area (Å²) in [6.07, 6.45) is -1.16. The van der Waals surface area contributed by atoms with Gasteiger partial charge in [-0.2, -0.15) is 8.78 Å². The van der Waals surface area contributed by atoms with Crippen molar-refractivity contribution in [1.29, 1.82) is 0 Å². The number of aryl methyl sites for hydroxylation is 2. The Morgan fingerprint density at radius 1 is 0.821 bits per heavy atom. The number of unbranched alkanes of at least 4 members (excludes halogenated alkanes) is 2. The number of benzene rings is 2. The van der Waals surface area contributed by atoms with Crippen molar-refractivity contribution in [3.05, 3.63) is 76.9 Å². The zero-order chi connectivity index (χ0) is 29.2. The van der Waals surface area contributed by atoms with Gasteiger partial charge in [-0.15, -0.1) is 0 Å². The number of hydrogen-bond donors (Lipinski definition) is 0. The van der Waals surface area contributed by atoms with E-state index in [0.29, 0.717) is 32.3 Å². The SMILES string of the molecule is C=C(C)C(=O)OCCCCc1cc(F)c(C(F)(F)Oc2ccc(CCCCOC(=O)C(C)(C)C)cc2)c(F)c1. The number of rotatable bonds is 14. The van der Waals surface area contributed by atoms with Crippen LogP contribution in [0.25, 0.3) is 0 Å². The van der Waals surface area contributed by atoms with E-state index in [-0.39, 0.29) is 35.9 Å². The van der Waals surface area contributed by atoms with E-state index in [1.54, 1.807) is 32.9 Å². The van der Waals surface area contributed by atoms with E-state index in [0.717, 1.165) is 24.1 Å². The first-order chi connectivity index (χ1) is 18.2. The molecule has 0 spiro atoms. The summed E-state index contributed by atoms with van der Waals surface area (Å²) in [4.78, 5) is 23.1. The first kappa shape index (κ1) is 31.9. The maximum absolute atomic E-state index is 14.7. The Morgan fingerprint density at radius 2 is 1.33 bits per heavy atom. The number of carbonyl (C=O) groups excluding carboxylic acids is 2. The van der Waals surface area contributed by atoms with Crippen molar-refractivity contribution in [3.8, 4) is 5.75 Å². The Kier molecular flexibility index (Phi) is 11.6. The summed E-state index contributed by atoms with van der Waals surface area (Å²) >= 11 is 0. The van der Waals surface area contributed by atoms with Gasteiger partial charge < -0.3 is 14.2 Å². The lowest BCUT2D eigenvalue weighted by atomic mass is 9.97. The average Bonchev–Trinajstić information content (AvgIpc) is 2.82. The van der Waals surface area contributed by atoms with Crippen LogP contribution >= 0.6 is 0 Å². The third kappa shape index (κ3) is 10.4. The Hall–Kier alpha value is -3.36. The molecule has 0 heterocycles. The molecular weight excluding hydrogens is 516 g/mol. The second kappa shape index (κ2) is 14.1. The highest BCUT2D eigenvalue weighted by atomic mass is 19.3. The van der Waals surface area contributed by atoms with Crippen molar-refractivity contribution in [2.45, 2.75) is 72.3 Å². The van der Waals surface area contributed by atoms with E-state index >= 15 is 0 Å². The first-order valence-electron chi connectivity index (χ1n) is 12.8. The molecule has 2 aromatic carbocycles. The van der Waals surface area contributed by atoms with Crippen molar-refractivity contribution in [2.24, 2.45) is 5.41 Å². The number of ether oxygens (including phenoxy) is 3. The molecule has 0 saturated carbocycles. The van der Waals surface area contributed by atoms with Crippen LogP contribution in [0, 0.1) is 17.0 Å². The molecule has 0 saturated heterocycles. The van der Waals surface area contributed by atoms with Crippen LogP contribution in [0.3, 0.4) is 0 Å². The summed E-state index contributed by atoms with van der Waals surface area (Å²) < 4.78 is 73.4. The van der Waals surface area contributed by atoms with Crippen LogP contribution in [0.2, 0.25) is 0 Å². The van der Waals surface area contributed by atoms with Crippen LogP contribution in [-0.4, -0.2) is 25.2 Å². The topological polar surface area (TPSA) is 61.8 Å². The van der Waals surface area contributed by atoms with Crippen molar-refractivity contribution < 1.29 is 41.4 Å². The smallest absolute Gasteiger partial charge is 0.432 e. The van der Waals surface area contributed by atoms with Gasteiger partial charge in [0.25, 0.3) is 0 Å². The largest absolute Gasteiger partial charge is 0.465 e. The fourth-order valence-corrected chi connectivity index (χ4v) is 3.50. The summed E-state index contributed by atoms with van der Waals surface area (Å²) in [5.74, 6) is -3.86. The molecule has 0 amide bonds. The molecule has 0 fully saturated rings. The molecule has 9 heteroatoms. The fraction of sp³-hybridized carbons (Fsp3) is 0.467. The van der Waals surface area contributed by atoms with Gasteiger partial charge in [0.15, 0.2) is 0 Å².